The highest BCUT2D eigenvalue weighted by atomic mass is 35.5. The summed E-state index contributed by atoms with van der Waals surface area (Å²) in [5.41, 5.74) is 1.29. The maximum atomic E-state index is 12.4. The molecule has 3 rings (SSSR count). The van der Waals surface area contributed by atoms with Gasteiger partial charge in [0.05, 0.1) is 0 Å². The largest absolute Gasteiger partial charge is 0.476 e. The summed E-state index contributed by atoms with van der Waals surface area (Å²) in [5.74, 6) is -1.64. The molecule has 2 aromatic carbocycles. The van der Waals surface area contributed by atoms with Gasteiger partial charge in [0.15, 0.2) is 5.69 Å². The average molecular weight is 342 g/mol. The third-order valence-electron chi connectivity index (χ3n) is 3.37. The van der Waals surface area contributed by atoms with Gasteiger partial charge in [-0.25, -0.2) is 4.79 Å². The highest BCUT2D eigenvalue weighted by Gasteiger charge is 2.22. The minimum Gasteiger partial charge on any atom is -0.476 e. The summed E-state index contributed by atoms with van der Waals surface area (Å²) >= 11 is 5.87. The van der Waals surface area contributed by atoms with Gasteiger partial charge in [0.2, 0.25) is 0 Å². The molecule has 0 fully saturated rings. The van der Waals surface area contributed by atoms with E-state index < -0.39 is 11.9 Å². The Kier molecular flexibility index (Phi) is 4.31. The number of aromatic nitrogens is 2. The molecule has 7 heteroatoms. The molecule has 1 aromatic heterocycles. The number of hydrogen-bond donors (Lipinski definition) is 3. The van der Waals surface area contributed by atoms with Crippen LogP contribution in [-0.4, -0.2) is 27.2 Å². The van der Waals surface area contributed by atoms with Gasteiger partial charge in [0, 0.05) is 16.1 Å². The molecule has 0 saturated carbocycles. The average Bonchev–Trinajstić information content (AvgIpc) is 3.00. The number of nitrogens with one attached hydrogen (secondary N) is 2. The van der Waals surface area contributed by atoms with Gasteiger partial charge < -0.3 is 10.4 Å². The first kappa shape index (κ1) is 15.8. The third kappa shape index (κ3) is 3.13. The SMILES string of the molecule is O=C(Nc1c(-c2ccc(Cl)cc2)n[nH]c1C(=O)O)c1ccccc1. The summed E-state index contributed by atoms with van der Waals surface area (Å²) in [6.45, 7) is 0. The van der Waals surface area contributed by atoms with Crippen molar-refractivity contribution in [2.45, 2.75) is 0 Å². The van der Waals surface area contributed by atoms with Crippen molar-refractivity contribution >= 4 is 29.2 Å². The number of aromatic amines is 1. The molecular formula is C17H12ClN3O3. The van der Waals surface area contributed by atoms with E-state index in [-0.39, 0.29) is 11.4 Å². The van der Waals surface area contributed by atoms with E-state index in [1.54, 1.807) is 54.6 Å². The fourth-order valence-corrected chi connectivity index (χ4v) is 2.34. The molecule has 0 aliphatic rings. The van der Waals surface area contributed by atoms with Gasteiger partial charge in [-0.2, -0.15) is 5.10 Å². The van der Waals surface area contributed by atoms with Crippen molar-refractivity contribution in [2.24, 2.45) is 0 Å². The zero-order chi connectivity index (χ0) is 17.1. The number of benzene rings is 2. The van der Waals surface area contributed by atoms with Crippen molar-refractivity contribution in [2.75, 3.05) is 5.32 Å². The van der Waals surface area contributed by atoms with E-state index in [9.17, 15) is 14.7 Å². The number of rotatable bonds is 4. The fraction of sp³-hybridized carbons (Fsp3) is 0. The van der Waals surface area contributed by atoms with Crippen molar-refractivity contribution < 1.29 is 14.7 Å². The van der Waals surface area contributed by atoms with Crippen molar-refractivity contribution in [1.29, 1.82) is 0 Å². The zero-order valence-electron chi connectivity index (χ0n) is 12.3. The molecule has 0 spiro atoms. The van der Waals surface area contributed by atoms with Gasteiger partial charge in [0.1, 0.15) is 11.4 Å². The molecular weight excluding hydrogens is 330 g/mol. The van der Waals surface area contributed by atoms with Crippen LogP contribution in [0.1, 0.15) is 20.8 Å². The van der Waals surface area contributed by atoms with Crippen molar-refractivity contribution in [3.8, 4) is 11.3 Å². The van der Waals surface area contributed by atoms with Gasteiger partial charge in [-0.3, -0.25) is 9.89 Å². The van der Waals surface area contributed by atoms with E-state index >= 15 is 0 Å². The lowest BCUT2D eigenvalue weighted by molar-refractivity contribution is 0.0691. The van der Waals surface area contributed by atoms with E-state index in [0.717, 1.165) is 0 Å². The molecule has 3 aromatic rings. The number of H-pyrrole nitrogens is 1. The maximum absolute atomic E-state index is 12.4. The molecule has 1 amide bonds. The fourth-order valence-electron chi connectivity index (χ4n) is 2.21. The number of aromatic carboxylic acids is 1. The summed E-state index contributed by atoms with van der Waals surface area (Å²) < 4.78 is 0. The molecule has 6 nitrogen and oxygen atoms in total. The topological polar surface area (TPSA) is 95.1 Å². The molecule has 0 aliphatic heterocycles. The Bertz CT molecular complexity index is 889. The lowest BCUT2D eigenvalue weighted by Gasteiger charge is -2.07. The van der Waals surface area contributed by atoms with E-state index in [1.807, 2.05) is 0 Å². The molecule has 0 saturated heterocycles. The minimum atomic E-state index is -1.22. The van der Waals surface area contributed by atoms with Crippen LogP contribution in [0.3, 0.4) is 0 Å². The standard InChI is InChI=1S/C17H12ClN3O3/c18-12-8-6-10(7-9-12)13-14(15(17(23)24)21-20-13)19-16(22)11-4-2-1-3-5-11/h1-9H,(H,19,22)(H,20,21)(H,23,24). The van der Waals surface area contributed by atoms with Crippen LogP contribution in [0.25, 0.3) is 11.3 Å². The van der Waals surface area contributed by atoms with Crippen molar-refractivity contribution in [1.82, 2.24) is 10.2 Å². The van der Waals surface area contributed by atoms with Crippen molar-refractivity contribution in [3.05, 3.63) is 70.9 Å². The number of carboxylic acid groups (broad SMARTS) is 1. The van der Waals surface area contributed by atoms with Crippen LogP contribution in [0.15, 0.2) is 54.6 Å². The Morgan fingerprint density at radius 2 is 1.71 bits per heavy atom. The van der Waals surface area contributed by atoms with Crippen LogP contribution < -0.4 is 5.32 Å². The zero-order valence-corrected chi connectivity index (χ0v) is 13.0. The summed E-state index contributed by atoms with van der Waals surface area (Å²) in [7, 11) is 0. The first-order valence-electron chi connectivity index (χ1n) is 7.00. The number of nitrogens with zero attached hydrogens (tertiary/aromatic N) is 1. The maximum Gasteiger partial charge on any atom is 0.356 e. The number of carbonyl (C=O) groups is 2. The van der Waals surface area contributed by atoms with E-state index in [0.29, 0.717) is 21.8 Å². The smallest absolute Gasteiger partial charge is 0.356 e. The van der Waals surface area contributed by atoms with Crippen LogP contribution >= 0.6 is 11.6 Å². The Morgan fingerprint density at radius 3 is 2.33 bits per heavy atom. The lowest BCUT2D eigenvalue weighted by atomic mass is 10.1. The molecule has 0 unspecified atom stereocenters. The number of carboxylic acids is 1. The minimum absolute atomic E-state index is 0.110. The van der Waals surface area contributed by atoms with Gasteiger partial charge >= 0.3 is 5.97 Å². The summed E-state index contributed by atoms with van der Waals surface area (Å²) in [6, 6.07) is 15.2. The first-order chi connectivity index (χ1) is 11.6. The van der Waals surface area contributed by atoms with Crippen LogP contribution in [-0.2, 0) is 0 Å². The molecule has 0 bridgehead atoms. The number of anilines is 1. The molecule has 120 valence electrons. The summed E-state index contributed by atoms with van der Waals surface area (Å²) in [5, 5.41) is 18.9. The van der Waals surface area contributed by atoms with Gasteiger partial charge in [-0.05, 0) is 24.3 Å². The molecule has 3 N–H and O–H groups in total. The molecule has 1 heterocycles. The Hall–Kier alpha value is -3.12. The van der Waals surface area contributed by atoms with Crippen LogP contribution in [0, 0.1) is 0 Å². The molecule has 0 radical (unpaired) electrons. The van der Waals surface area contributed by atoms with E-state index in [2.05, 4.69) is 15.5 Å². The second kappa shape index (κ2) is 6.55. The Labute approximate surface area is 142 Å². The van der Waals surface area contributed by atoms with Crippen LogP contribution in [0.4, 0.5) is 5.69 Å². The molecule has 24 heavy (non-hydrogen) atoms. The highest BCUT2D eigenvalue weighted by molar-refractivity contribution is 6.30. The lowest BCUT2D eigenvalue weighted by Crippen LogP contribution is -2.14. The normalized spacial score (nSPS) is 10.4. The van der Waals surface area contributed by atoms with Gasteiger partial charge in [-0.15, -0.1) is 0 Å². The Morgan fingerprint density at radius 1 is 1.04 bits per heavy atom. The van der Waals surface area contributed by atoms with Crippen LogP contribution in [0.5, 0.6) is 0 Å². The van der Waals surface area contributed by atoms with Gasteiger partial charge in [-0.1, -0.05) is 41.9 Å². The second-order valence-electron chi connectivity index (χ2n) is 4.95. The Balaban J connectivity index is 2.01. The number of amides is 1. The predicted octanol–water partition coefficient (Wildman–Crippen LogP) is 3.68. The second-order valence-corrected chi connectivity index (χ2v) is 5.39. The summed E-state index contributed by atoms with van der Waals surface area (Å²) in [4.78, 5) is 23.8. The molecule has 0 atom stereocenters. The van der Waals surface area contributed by atoms with Crippen LogP contribution in [0.2, 0.25) is 5.02 Å². The molecule has 0 aliphatic carbocycles. The predicted molar refractivity (Wildman–Crippen MR) is 90.4 cm³/mol. The monoisotopic (exact) mass is 341 g/mol. The quantitative estimate of drug-likeness (QED) is 0.674. The highest BCUT2D eigenvalue weighted by Crippen LogP contribution is 2.30. The van der Waals surface area contributed by atoms with Crippen molar-refractivity contribution in [3.63, 3.8) is 0 Å². The number of hydrogen-bond acceptors (Lipinski definition) is 3. The summed E-state index contributed by atoms with van der Waals surface area (Å²) in [6.07, 6.45) is 0. The third-order valence-corrected chi connectivity index (χ3v) is 3.62. The number of carbonyl (C=O) groups excluding carboxylic acids is 1. The first-order valence-corrected chi connectivity index (χ1v) is 7.38. The number of halogens is 1. The van der Waals surface area contributed by atoms with E-state index in [4.69, 9.17) is 11.6 Å². The van der Waals surface area contributed by atoms with E-state index in [1.165, 1.54) is 0 Å². The van der Waals surface area contributed by atoms with Gasteiger partial charge in [0.25, 0.3) is 5.91 Å².